The summed E-state index contributed by atoms with van der Waals surface area (Å²) in [5, 5.41) is 4.15. The Morgan fingerprint density at radius 1 is 1.24 bits per heavy atom. The van der Waals surface area contributed by atoms with E-state index in [1.165, 1.54) is 6.33 Å². The zero-order valence-electron chi connectivity index (χ0n) is 12.7. The van der Waals surface area contributed by atoms with Gasteiger partial charge in [-0.2, -0.15) is 5.10 Å². The third kappa shape index (κ3) is 3.55. The van der Waals surface area contributed by atoms with Crippen LogP contribution in [0.1, 0.15) is 44.2 Å². The summed E-state index contributed by atoms with van der Waals surface area (Å²) in [5.74, 6) is 0.521. The van der Waals surface area contributed by atoms with Crippen molar-refractivity contribution in [2.24, 2.45) is 11.7 Å². The van der Waals surface area contributed by atoms with Crippen molar-refractivity contribution in [2.45, 2.75) is 39.3 Å². The summed E-state index contributed by atoms with van der Waals surface area (Å²) in [4.78, 5) is 16.6. The Bertz CT molecular complexity index is 591. The number of Topliss-reactive ketones (excluding diaryl/α,β-unsaturated/α-hetero) is 1. The van der Waals surface area contributed by atoms with E-state index in [1.54, 1.807) is 4.68 Å². The summed E-state index contributed by atoms with van der Waals surface area (Å²) in [6.45, 7) is 5.90. The molecule has 0 bridgehead atoms. The van der Waals surface area contributed by atoms with E-state index in [0.717, 1.165) is 5.56 Å². The van der Waals surface area contributed by atoms with Crippen molar-refractivity contribution in [2.75, 3.05) is 0 Å². The maximum atomic E-state index is 12.4. The average Bonchev–Trinajstić information content (AvgIpc) is 2.95. The third-order valence-electron chi connectivity index (χ3n) is 3.70. The highest BCUT2D eigenvalue weighted by Gasteiger charge is 2.24. The first-order valence-corrected chi connectivity index (χ1v) is 7.22. The van der Waals surface area contributed by atoms with E-state index in [0.29, 0.717) is 5.82 Å². The molecular formula is C16H22N4O. The minimum atomic E-state index is -0.297. The summed E-state index contributed by atoms with van der Waals surface area (Å²) in [7, 11) is 0. The molecule has 0 saturated heterocycles. The van der Waals surface area contributed by atoms with Gasteiger partial charge in [-0.3, -0.25) is 4.79 Å². The molecule has 0 amide bonds. The molecule has 2 aromatic rings. The van der Waals surface area contributed by atoms with Gasteiger partial charge in [-0.25, -0.2) is 9.67 Å². The standard InChI is InChI=1S/C16H22N4O/c1-11(2)20-15(18-10-19-20)9-14(21)12(3)16(17)13-7-5-4-6-8-13/h4-8,10-12,16H,9,17H2,1-3H3. The predicted molar refractivity (Wildman–Crippen MR) is 81.7 cm³/mol. The van der Waals surface area contributed by atoms with Crippen LogP contribution in [0.4, 0.5) is 0 Å². The van der Waals surface area contributed by atoms with Crippen molar-refractivity contribution < 1.29 is 4.79 Å². The van der Waals surface area contributed by atoms with Crippen LogP contribution in [0.3, 0.4) is 0 Å². The van der Waals surface area contributed by atoms with Crippen molar-refractivity contribution in [3.63, 3.8) is 0 Å². The topological polar surface area (TPSA) is 73.8 Å². The number of ketones is 1. The maximum absolute atomic E-state index is 12.4. The SMILES string of the molecule is CC(C(=O)Cc1ncnn1C(C)C)C(N)c1ccccc1. The van der Waals surface area contributed by atoms with Crippen LogP contribution in [0.5, 0.6) is 0 Å². The lowest BCUT2D eigenvalue weighted by molar-refractivity contribution is -0.122. The Hall–Kier alpha value is -2.01. The van der Waals surface area contributed by atoms with Crippen LogP contribution in [-0.4, -0.2) is 20.5 Å². The van der Waals surface area contributed by atoms with Crippen LogP contribution < -0.4 is 5.73 Å². The van der Waals surface area contributed by atoms with E-state index in [1.807, 2.05) is 51.1 Å². The average molecular weight is 286 g/mol. The smallest absolute Gasteiger partial charge is 0.145 e. The molecule has 5 nitrogen and oxygen atoms in total. The van der Waals surface area contributed by atoms with E-state index in [2.05, 4.69) is 10.1 Å². The molecular weight excluding hydrogens is 264 g/mol. The number of nitrogens with two attached hydrogens (primary N) is 1. The fraction of sp³-hybridized carbons (Fsp3) is 0.438. The molecule has 0 aliphatic rings. The highest BCUT2D eigenvalue weighted by molar-refractivity contribution is 5.83. The molecule has 0 saturated carbocycles. The number of benzene rings is 1. The molecule has 0 aliphatic heterocycles. The van der Waals surface area contributed by atoms with Crippen molar-refractivity contribution in [1.82, 2.24) is 14.8 Å². The summed E-state index contributed by atoms with van der Waals surface area (Å²) >= 11 is 0. The highest BCUT2D eigenvalue weighted by atomic mass is 16.1. The Kier molecular flexibility index (Phi) is 4.85. The molecule has 112 valence electrons. The lowest BCUT2D eigenvalue weighted by Crippen LogP contribution is -2.28. The monoisotopic (exact) mass is 286 g/mol. The number of rotatable bonds is 6. The molecule has 2 atom stereocenters. The van der Waals surface area contributed by atoms with Gasteiger partial charge in [0.05, 0.1) is 6.42 Å². The fourth-order valence-electron chi connectivity index (χ4n) is 2.31. The van der Waals surface area contributed by atoms with Crippen LogP contribution in [-0.2, 0) is 11.2 Å². The molecule has 0 radical (unpaired) electrons. The second-order valence-electron chi connectivity index (χ2n) is 5.58. The minimum Gasteiger partial charge on any atom is -0.323 e. The van der Waals surface area contributed by atoms with Crippen molar-refractivity contribution in [3.05, 3.63) is 48.0 Å². The van der Waals surface area contributed by atoms with E-state index < -0.39 is 0 Å². The first-order valence-electron chi connectivity index (χ1n) is 7.22. The molecule has 21 heavy (non-hydrogen) atoms. The van der Waals surface area contributed by atoms with Crippen molar-refractivity contribution in [3.8, 4) is 0 Å². The first kappa shape index (κ1) is 15.4. The van der Waals surface area contributed by atoms with E-state index in [-0.39, 0.29) is 30.2 Å². The quantitative estimate of drug-likeness (QED) is 0.884. The number of carbonyl (C=O) groups is 1. The van der Waals surface area contributed by atoms with E-state index in [9.17, 15) is 4.79 Å². The number of carbonyl (C=O) groups excluding carboxylic acids is 1. The Labute approximate surface area is 125 Å². The Balaban J connectivity index is 2.08. The van der Waals surface area contributed by atoms with Crippen molar-refractivity contribution in [1.29, 1.82) is 0 Å². The molecule has 2 unspecified atom stereocenters. The van der Waals surface area contributed by atoms with Gasteiger partial charge >= 0.3 is 0 Å². The van der Waals surface area contributed by atoms with Crippen LogP contribution in [0.15, 0.2) is 36.7 Å². The van der Waals surface area contributed by atoms with Gasteiger partial charge in [-0.1, -0.05) is 37.3 Å². The van der Waals surface area contributed by atoms with Gasteiger partial charge in [0.1, 0.15) is 17.9 Å². The molecule has 0 fully saturated rings. The number of hydrogen-bond acceptors (Lipinski definition) is 4. The normalized spacial score (nSPS) is 14.1. The molecule has 2 N–H and O–H groups in total. The summed E-state index contributed by atoms with van der Waals surface area (Å²) in [6, 6.07) is 9.59. The largest absolute Gasteiger partial charge is 0.323 e. The molecule has 0 spiro atoms. The van der Waals surface area contributed by atoms with Gasteiger partial charge in [0.15, 0.2) is 0 Å². The van der Waals surface area contributed by atoms with Gasteiger partial charge in [-0.05, 0) is 19.4 Å². The molecule has 1 aromatic carbocycles. The lowest BCUT2D eigenvalue weighted by atomic mass is 9.90. The number of hydrogen-bond donors (Lipinski definition) is 1. The molecule has 5 heteroatoms. The second kappa shape index (κ2) is 6.63. The predicted octanol–water partition coefficient (Wildman–Crippen LogP) is 2.31. The van der Waals surface area contributed by atoms with Crippen LogP contribution in [0, 0.1) is 5.92 Å². The zero-order chi connectivity index (χ0) is 15.4. The molecule has 0 aliphatic carbocycles. The lowest BCUT2D eigenvalue weighted by Gasteiger charge is -2.19. The van der Waals surface area contributed by atoms with Crippen molar-refractivity contribution >= 4 is 5.78 Å². The number of aromatic nitrogens is 3. The Morgan fingerprint density at radius 3 is 2.52 bits per heavy atom. The summed E-state index contributed by atoms with van der Waals surface area (Å²) in [5.41, 5.74) is 7.18. The van der Waals surface area contributed by atoms with Gasteiger partial charge in [-0.15, -0.1) is 0 Å². The van der Waals surface area contributed by atoms with Gasteiger partial charge < -0.3 is 5.73 Å². The van der Waals surface area contributed by atoms with Crippen LogP contribution in [0.2, 0.25) is 0 Å². The summed E-state index contributed by atoms with van der Waals surface area (Å²) in [6.07, 6.45) is 1.75. The third-order valence-corrected chi connectivity index (χ3v) is 3.70. The Morgan fingerprint density at radius 2 is 1.90 bits per heavy atom. The van der Waals surface area contributed by atoms with E-state index in [4.69, 9.17) is 5.73 Å². The summed E-state index contributed by atoms with van der Waals surface area (Å²) < 4.78 is 1.78. The van der Waals surface area contributed by atoms with Gasteiger partial charge in [0, 0.05) is 18.0 Å². The molecule has 1 aromatic heterocycles. The van der Waals surface area contributed by atoms with Crippen LogP contribution in [0.25, 0.3) is 0 Å². The van der Waals surface area contributed by atoms with Crippen LogP contribution >= 0.6 is 0 Å². The highest BCUT2D eigenvalue weighted by Crippen LogP contribution is 2.21. The van der Waals surface area contributed by atoms with E-state index >= 15 is 0 Å². The number of nitrogens with zero attached hydrogens (tertiary/aromatic N) is 3. The second-order valence-corrected chi connectivity index (χ2v) is 5.58. The maximum Gasteiger partial charge on any atom is 0.145 e. The van der Waals surface area contributed by atoms with Gasteiger partial charge in [0.2, 0.25) is 0 Å². The molecule has 2 rings (SSSR count). The zero-order valence-corrected chi connectivity index (χ0v) is 12.7. The van der Waals surface area contributed by atoms with Gasteiger partial charge in [0.25, 0.3) is 0 Å². The fourth-order valence-corrected chi connectivity index (χ4v) is 2.31. The molecule has 1 heterocycles. The first-order chi connectivity index (χ1) is 10.0. The minimum absolute atomic E-state index is 0.0845.